The number of rotatable bonds is 6. The summed E-state index contributed by atoms with van der Waals surface area (Å²) < 4.78 is 5.39. The average molecular weight is 355 g/mol. The molecule has 0 spiro atoms. The van der Waals surface area contributed by atoms with Crippen molar-refractivity contribution in [1.82, 2.24) is 15.5 Å². The van der Waals surface area contributed by atoms with Gasteiger partial charge in [-0.2, -0.15) is 0 Å². The molecule has 0 radical (unpaired) electrons. The minimum absolute atomic E-state index is 0.0649. The van der Waals surface area contributed by atoms with E-state index in [1.165, 1.54) is 11.3 Å². The zero-order chi connectivity index (χ0) is 17.8. The van der Waals surface area contributed by atoms with Gasteiger partial charge >= 0.3 is 0 Å². The molecule has 0 saturated heterocycles. The van der Waals surface area contributed by atoms with E-state index in [0.29, 0.717) is 4.88 Å². The van der Waals surface area contributed by atoms with Crippen molar-refractivity contribution in [2.45, 2.75) is 39.7 Å². The Balaban J connectivity index is 1.72. The molecule has 1 N–H and O–H groups in total. The number of nitrogens with one attached hydrogen (secondary N) is 1. The molecule has 130 valence electrons. The molecule has 5 nitrogen and oxygen atoms in total. The molecule has 0 aliphatic rings. The molecule has 3 rings (SSSR count). The molecule has 25 heavy (non-hydrogen) atoms. The highest BCUT2D eigenvalue weighted by Crippen LogP contribution is 2.27. The van der Waals surface area contributed by atoms with Crippen LogP contribution < -0.4 is 5.32 Å². The smallest absolute Gasteiger partial charge is 0.263 e. The molecule has 0 bridgehead atoms. The lowest BCUT2D eigenvalue weighted by Crippen LogP contribution is -2.29. The number of carbonyl (C=O) groups is 1. The summed E-state index contributed by atoms with van der Waals surface area (Å²) in [5, 5.41) is 8.03. The molecule has 2 aromatic heterocycles. The Morgan fingerprint density at radius 2 is 2.00 bits per heavy atom. The monoisotopic (exact) mass is 355 g/mol. The lowest BCUT2D eigenvalue weighted by Gasteiger charge is -2.05. The predicted octanol–water partition coefficient (Wildman–Crippen LogP) is 4.03. The van der Waals surface area contributed by atoms with Gasteiger partial charge in [0.05, 0.1) is 11.2 Å². The summed E-state index contributed by atoms with van der Waals surface area (Å²) in [6.07, 6.45) is 3.18. The van der Waals surface area contributed by atoms with Gasteiger partial charge in [0, 0.05) is 23.6 Å². The van der Waals surface area contributed by atoms with Crippen LogP contribution in [0.4, 0.5) is 0 Å². The molecule has 6 heteroatoms. The maximum atomic E-state index is 12.0. The summed E-state index contributed by atoms with van der Waals surface area (Å²) in [6, 6.07) is 10.1. The Morgan fingerprint density at radius 1 is 1.24 bits per heavy atom. The van der Waals surface area contributed by atoms with Crippen molar-refractivity contribution in [3.05, 3.63) is 57.7 Å². The molecule has 0 fully saturated rings. The van der Waals surface area contributed by atoms with Crippen LogP contribution in [0.1, 0.15) is 39.9 Å². The van der Waals surface area contributed by atoms with Gasteiger partial charge in [-0.1, -0.05) is 35.5 Å². The first kappa shape index (κ1) is 17.4. The first-order valence-electron chi connectivity index (χ1n) is 8.30. The van der Waals surface area contributed by atoms with E-state index in [-0.39, 0.29) is 11.9 Å². The normalized spacial score (nSPS) is 11.0. The minimum atomic E-state index is -0.0649. The van der Waals surface area contributed by atoms with E-state index in [1.807, 2.05) is 51.1 Å². The van der Waals surface area contributed by atoms with Crippen molar-refractivity contribution < 1.29 is 9.32 Å². The molecule has 0 aliphatic heterocycles. The van der Waals surface area contributed by atoms with Crippen molar-refractivity contribution in [1.29, 1.82) is 0 Å². The van der Waals surface area contributed by atoms with Crippen molar-refractivity contribution >= 4 is 17.2 Å². The molecule has 0 atom stereocenters. The topological polar surface area (TPSA) is 68.0 Å². The Hall–Kier alpha value is -2.47. The minimum Gasteiger partial charge on any atom is -0.361 e. The fraction of sp³-hybridized carbons (Fsp3) is 0.316. The number of thiazole rings is 1. The summed E-state index contributed by atoms with van der Waals surface area (Å²) in [7, 11) is 0. The highest BCUT2D eigenvalue weighted by molar-refractivity contribution is 7.13. The van der Waals surface area contributed by atoms with E-state index in [2.05, 4.69) is 15.5 Å². The zero-order valence-electron chi connectivity index (χ0n) is 14.6. The van der Waals surface area contributed by atoms with Crippen LogP contribution in [0.3, 0.4) is 0 Å². The van der Waals surface area contributed by atoms with Gasteiger partial charge in [-0.15, -0.1) is 11.3 Å². The SMILES string of the molecule is Cc1onc(-c2ccccc2)c1CCc1ncc(C(=O)NC(C)C)s1. The number of nitrogens with zero attached hydrogens (tertiary/aromatic N) is 2. The maximum absolute atomic E-state index is 12.0. The lowest BCUT2D eigenvalue weighted by molar-refractivity contribution is 0.0947. The van der Waals surface area contributed by atoms with Gasteiger partial charge in [0.15, 0.2) is 0 Å². The Morgan fingerprint density at radius 3 is 2.72 bits per heavy atom. The van der Waals surface area contributed by atoms with Crippen LogP contribution in [0, 0.1) is 6.92 Å². The van der Waals surface area contributed by atoms with Crippen LogP contribution in [-0.4, -0.2) is 22.1 Å². The second-order valence-electron chi connectivity index (χ2n) is 6.18. The quantitative estimate of drug-likeness (QED) is 0.725. The highest BCUT2D eigenvalue weighted by Gasteiger charge is 2.16. The number of aromatic nitrogens is 2. The van der Waals surface area contributed by atoms with E-state index in [1.54, 1.807) is 6.20 Å². The number of hydrogen-bond acceptors (Lipinski definition) is 5. The van der Waals surface area contributed by atoms with Crippen LogP contribution in [0.2, 0.25) is 0 Å². The summed E-state index contributed by atoms with van der Waals surface area (Å²) in [6.45, 7) is 5.82. The van der Waals surface area contributed by atoms with Crippen LogP contribution in [-0.2, 0) is 12.8 Å². The van der Waals surface area contributed by atoms with Crippen LogP contribution >= 0.6 is 11.3 Å². The molecular formula is C19H21N3O2S. The molecule has 0 unspecified atom stereocenters. The molecule has 1 aromatic carbocycles. The van der Waals surface area contributed by atoms with Gasteiger partial charge < -0.3 is 9.84 Å². The third-order valence-electron chi connectivity index (χ3n) is 3.82. The molecule has 0 saturated carbocycles. The summed E-state index contributed by atoms with van der Waals surface area (Å²) in [5.41, 5.74) is 3.02. The van der Waals surface area contributed by atoms with Gasteiger partial charge in [0.2, 0.25) is 0 Å². The van der Waals surface area contributed by atoms with Crippen molar-refractivity contribution in [2.24, 2.45) is 0 Å². The van der Waals surface area contributed by atoms with Crippen LogP contribution in [0.5, 0.6) is 0 Å². The van der Waals surface area contributed by atoms with Crippen molar-refractivity contribution in [2.75, 3.05) is 0 Å². The average Bonchev–Trinajstić information content (AvgIpc) is 3.20. The zero-order valence-corrected chi connectivity index (χ0v) is 15.4. The number of aryl methyl sites for hydroxylation is 2. The summed E-state index contributed by atoms with van der Waals surface area (Å²) in [4.78, 5) is 17.1. The third-order valence-corrected chi connectivity index (χ3v) is 4.87. The standard InChI is InChI=1S/C19H21N3O2S/c1-12(2)21-19(23)16-11-20-17(25-16)10-9-15-13(3)24-22-18(15)14-7-5-4-6-8-14/h4-8,11-12H,9-10H2,1-3H3,(H,21,23). The first-order chi connectivity index (χ1) is 12.0. The summed E-state index contributed by atoms with van der Waals surface area (Å²) >= 11 is 1.44. The Labute approximate surface area is 151 Å². The molecule has 3 aromatic rings. The first-order valence-corrected chi connectivity index (χ1v) is 9.12. The summed E-state index contributed by atoms with van der Waals surface area (Å²) in [5.74, 6) is 0.762. The van der Waals surface area contributed by atoms with Gasteiger partial charge in [-0.05, 0) is 27.2 Å². The predicted molar refractivity (Wildman–Crippen MR) is 98.8 cm³/mol. The lowest BCUT2D eigenvalue weighted by atomic mass is 10.0. The molecule has 1 amide bonds. The fourth-order valence-electron chi connectivity index (χ4n) is 2.60. The Bertz CT molecular complexity index is 853. The Kier molecular flexibility index (Phi) is 5.28. The highest BCUT2D eigenvalue weighted by atomic mass is 32.1. The number of amides is 1. The van der Waals surface area contributed by atoms with E-state index in [0.717, 1.165) is 40.4 Å². The van der Waals surface area contributed by atoms with E-state index < -0.39 is 0 Å². The van der Waals surface area contributed by atoms with Gasteiger partial charge in [0.25, 0.3) is 5.91 Å². The molecule has 0 aliphatic carbocycles. The fourth-order valence-corrected chi connectivity index (χ4v) is 3.42. The maximum Gasteiger partial charge on any atom is 0.263 e. The van der Waals surface area contributed by atoms with Crippen molar-refractivity contribution in [3.63, 3.8) is 0 Å². The van der Waals surface area contributed by atoms with Gasteiger partial charge in [-0.3, -0.25) is 4.79 Å². The van der Waals surface area contributed by atoms with Crippen LogP contribution in [0.25, 0.3) is 11.3 Å². The van der Waals surface area contributed by atoms with Crippen molar-refractivity contribution in [3.8, 4) is 11.3 Å². The second kappa shape index (κ2) is 7.61. The number of benzene rings is 1. The number of carbonyl (C=O) groups excluding carboxylic acids is 1. The van der Waals surface area contributed by atoms with Gasteiger partial charge in [0.1, 0.15) is 16.3 Å². The molecular weight excluding hydrogens is 334 g/mol. The molecule has 2 heterocycles. The third kappa shape index (κ3) is 4.14. The second-order valence-corrected chi connectivity index (χ2v) is 7.29. The van der Waals surface area contributed by atoms with E-state index in [9.17, 15) is 4.79 Å². The van der Waals surface area contributed by atoms with Crippen LogP contribution in [0.15, 0.2) is 41.1 Å². The number of hydrogen-bond donors (Lipinski definition) is 1. The van der Waals surface area contributed by atoms with E-state index in [4.69, 9.17) is 4.52 Å². The van der Waals surface area contributed by atoms with Gasteiger partial charge in [-0.25, -0.2) is 4.98 Å². The van der Waals surface area contributed by atoms with E-state index >= 15 is 0 Å². The largest absolute Gasteiger partial charge is 0.361 e.